The van der Waals surface area contributed by atoms with Crippen LogP contribution >= 0.6 is 45.3 Å². The van der Waals surface area contributed by atoms with Crippen molar-refractivity contribution in [2.45, 2.75) is 84.5 Å². The van der Waals surface area contributed by atoms with Crippen LogP contribution in [0.5, 0.6) is 0 Å². The molecule has 4 heterocycles. The average Bonchev–Trinajstić information content (AvgIpc) is 3.82. The highest BCUT2D eigenvalue weighted by Gasteiger charge is 2.23. The fourth-order valence-electron chi connectivity index (χ4n) is 6.12. The molecule has 0 radical (unpaired) electrons. The van der Waals surface area contributed by atoms with Gasteiger partial charge < -0.3 is 0 Å². The zero-order valence-electron chi connectivity index (χ0n) is 25.5. The van der Waals surface area contributed by atoms with E-state index in [1.807, 2.05) is 45.3 Å². The summed E-state index contributed by atoms with van der Waals surface area (Å²) in [5, 5.41) is 4.40. The third-order valence-corrected chi connectivity index (χ3v) is 13.0. The van der Waals surface area contributed by atoms with Gasteiger partial charge in [0.05, 0.1) is 0 Å². The lowest BCUT2D eigenvalue weighted by Gasteiger charge is -2.13. The molecule has 6 rings (SSSR count). The lowest BCUT2D eigenvalue weighted by Crippen LogP contribution is -1.94. The molecular formula is C39H42S4. The Morgan fingerprint density at radius 2 is 1.23 bits per heavy atom. The van der Waals surface area contributed by atoms with Crippen LogP contribution in [0.2, 0.25) is 0 Å². The van der Waals surface area contributed by atoms with Gasteiger partial charge in [0.1, 0.15) is 0 Å². The Labute approximate surface area is 274 Å². The first-order chi connectivity index (χ1) is 21.2. The summed E-state index contributed by atoms with van der Waals surface area (Å²) < 4.78 is 0. The van der Waals surface area contributed by atoms with Crippen molar-refractivity contribution < 1.29 is 0 Å². The maximum absolute atomic E-state index is 2.49. The second kappa shape index (κ2) is 15.0. The van der Waals surface area contributed by atoms with Crippen LogP contribution in [-0.4, -0.2) is 0 Å². The molecule has 0 unspecified atom stereocenters. The molecule has 2 aliphatic carbocycles. The van der Waals surface area contributed by atoms with Crippen molar-refractivity contribution in [1.82, 2.24) is 0 Å². The Kier molecular flexibility index (Phi) is 10.6. The monoisotopic (exact) mass is 638 g/mol. The van der Waals surface area contributed by atoms with Crippen molar-refractivity contribution in [1.29, 1.82) is 0 Å². The van der Waals surface area contributed by atoms with Gasteiger partial charge in [-0.3, -0.25) is 0 Å². The lowest BCUT2D eigenvalue weighted by atomic mass is 9.93. The summed E-state index contributed by atoms with van der Waals surface area (Å²) in [5.41, 5.74) is 8.78. The number of fused-ring (bicyclic) bond motifs is 2. The van der Waals surface area contributed by atoms with Crippen LogP contribution in [-0.2, 0) is 12.8 Å². The maximum atomic E-state index is 2.49. The standard InChI is InChI=1S/C39H42S4/c1-3-5-7-9-15-30-26-36(34-21-13-23-40-34)42-38(30)32-19-11-18-29-25-28(32)17-12-20-33(29)39-31(16-10-8-6-4-2)27-37(43-39)35-22-14-24-41-35/h11-14,17-24,26-27H,3-10,15-16,25H2,1-2H3. The average molecular weight is 639 g/mol. The molecular weight excluding hydrogens is 597 g/mol. The van der Waals surface area contributed by atoms with Gasteiger partial charge in [-0.05, 0) is 101 Å². The van der Waals surface area contributed by atoms with E-state index in [9.17, 15) is 0 Å². The third-order valence-electron chi connectivity index (χ3n) is 8.43. The van der Waals surface area contributed by atoms with Gasteiger partial charge in [-0.25, -0.2) is 0 Å². The molecule has 0 aliphatic heterocycles. The van der Waals surface area contributed by atoms with Crippen LogP contribution in [0.3, 0.4) is 0 Å². The molecule has 0 saturated carbocycles. The minimum Gasteiger partial charge on any atom is -0.143 e. The number of allylic oxidation sites excluding steroid dienone is 10. The highest BCUT2D eigenvalue weighted by Crippen LogP contribution is 2.46. The Balaban J connectivity index is 1.33. The van der Waals surface area contributed by atoms with Gasteiger partial charge in [0, 0.05) is 29.3 Å². The Bertz CT molecular complexity index is 1640. The summed E-state index contributed by atoms with van der Waals surface area (Å²) in [4.78, 5) is 8.55. The number of aryl methyl sites for hydroxylation is 2. The van der Waals surface area contributed by atoms with Crippen molar-refractivity contribution in [2.24, 2.45) is 0 Å². The molecule has 0 atom stereocenters. The van der Waals surface area contributed by atoms with Crippen LogP contribution in [0.15, 0.2) is 94.8 Å². The van der Waals surface area contributed by atoms with E-state index in [0.717, 1.165) is 19.3 Å². The van der Waals surface area contributed by atoms with Gasteiger partial charge in [0.25, 0.3) is 0 Å². The van der Waals surface area contributed by atoms with E-state index in [1.54, 1.807) is 0 Å². The summed E-state index contributed by atoms with van der Waals surface area (Å²) in [6.45, 7) is 4.60. The van der Waals surface area contributed by atoms with Crippen molar-refractivity contribution in [3.05, 3.63) is 116 Å². The summed E-state index contributed by atoms with van der Waals surface area (Å²) >= 11 is 7.70. The molecule has 2 bridgehead atoms. The van der Waals surface area contributed by atoms with E-state index in [2.05, 4.69) is 97.5 Å². The number of unbranched alkanes of at least 4 members (excludes halogenated alkanes) is 6. The molecule has 0 saturated heterocycles. The van der Waals surface area contributed by atoms with Crippen molar-refractivity contribution in [3.63, 3.8) is 0 Å². The van der Waals surface area contributed by atoms with E-state index in [1.165, 1.54) is 114 Å². The molecule has 4 heteroatoms. The molecule has 0 amide bonds. The van der Waals surface area contributed by atoms with Gasteiger partial charge in [0.2, 0.25) is 0 Å². The van der Waals surface area contributed by atoms with Gasteiger partial charge in [-0.2, -0.15) is 0 Å². The molecule has 0 N–H and O–H groups in total. The first-order valence-corrected chi connectivity index (χ1v) is 19.5. The Hall–Kier alpha value is -2.50. The number of hydrogen-bond donors (Lipinski definition) is 0. The zero-order chi connectivity index (χ0) is 29.4. The third kappa shape index (κ3) is 7.26. The number of hydrogen-bond acceptors (Lipinski definition) is 4. The lowest BCUT2D eigenvalue weighted by molar-refractivity contribution is 0.667. The van der Waals surface area contributed by atoms with E-state index in [0.29, 0.717) is 0 Å². The minimum atomic E-state index is 0.980. The second-order valence-corrected chi connectivity index (χ2v) is 15.6. The van der Waals surface area contributed by atoms with Crippen LogP contribution in [0.1, 0.15) is 92.5 Å². The predicted molar refractivity (Wildman–Crippen MR) is 197 cm³/mol. The van der Waals surface area contributed by atoms with Gasteiger partial charge in [-0.15, -0.1) is 45.3 Å². The maximum Gasteiger partial charge on any atom is 0.0452 e. The summed E-state index contributed by atoms with van der Waals surface area (Å²) in [5.74, 6) is 0. The molecule has 222 valence electrons. The molecule has 2 aliphatic rings. The quantitative estimate of drug-likeness (QED) is 0.121. The number of thiophene rings is 4. The van der Waals surface area contributed by atoms with Gasteiger partial charge in [-0.1, -0.05) is 101 Å². The molecule has 0 spiro atoms. The molecule has 43 heavy (non-hydrogen) atoms. The topological polar surface area (TPSA) is 0 Å². The summed E-state index contributed by atoms with van der Waals surface area (Å²) in [6, 6.07) is 13.9. The smallest absolute Gasteiger partial charge is 0.0452 e. The molecule has 4 aromatic heterocycles. The van der Waals surface area contributed by atoms with Crippen molar-refractivity contribution in [3.8, 4) is 19.5 Å². The fraction of sp³-hybridized carbons (Fsp3) is 0.333. The van der Waals surface area contributed by atoms with Crippen LogP contribution < -0.4 is 0 Å². The Morgan fingerprint density at radius 1 is 0.628 bits per heavy atom. The molecule has 0 nitrogen and oxygen atoms in total. The van der Waals surface area contributed by atoms with Gasteiger partial charge in [0.15, 0.2) is 0 Å². The first-order valence-electron chi connectivity index (χ1n) is 16.1. The van der Waals surface area contributed by atoms with E-state index in [4.69, 9.17) is 0 Å². The van der Waals surface area contributed by atoms with Crippen molar-refractivity contribution in [2.75, 3.05) is 0 Å². The Morgan fingerprint density at radius 3 is 1.84 bits per heavy atom. The number of rotatable bonds is 14. The first kappa shape index (κ1) is 30.5. The van der Waals surface area contributed by atoms with Crippen LogP contribution in [0.4, 0.5) is 0 Å². The SMILES string of the molecule is CCCCCCc1cc(-c2cccs2)sc1C1=CC=CC2=C(c3sc(-c4cccs4)cc3CCCCCC)C=CC=C1C2. The van der Waals surface area contributed by atoms with Gasteiger partial charge >= 0.3 is 0 Å². The van der Waals surface area contributed by atoms with Crippen LogP contribution in [0.25, 0.3) is 30.7 Å². The van der Waals surface area contributed by atoms with Crippen LogP contribution in [0, 0.1) is 0 Å². The highest BCUT2D eigenvalue weighted by atomic mass is 32.1. The molecule has 4 aromatic rings. The van der Waals surface area contributed by atoms with E-state index < -0.39 is 0 Å². The fourth-order valence-corrected chi connectivity index (χ4v) is 10.3. The van der Waals surface area contributed by atoms with E-state index in [-0.39, 0.29) is 0 Å². The van der Waals surface area contributed by atoms with E-state index >= 15 is 0 Å². The second-order valence-electron chi connectivity index (χ2n) is 11.6. The zero-order valence-corrected chi connectivity index (χ0v) is 28.8. The highest BCUT2D eigenvalue weighted by molar-refractivity contribution is 7.22. The minimum absolute atomic E-state index is 0.980. The molecule has 0 fully saturated rings. The molecule has 0 aromatic carbocycles. The largest absolute Gasteiger partial charge is 0.143 e. The van der Waals surface area contributed by atoms with Crippen molar-refractivity contribution >= 4 is 56.5 Å². The predicted octanol–water partition coefficient (Wildman–Crippen LogP) is 13.8. The summed E-state index contributed by atoms with van der Waals surface area (Å²) in [7, 11) is 0. The normalized spacial score (nSPS) is 14.7. The summed E-state index contributed by atoms with van der Waals surface area (Å²) in [6.07, 6.45) is 27.9.